The molecule has 1 unspecified atom stereocenters. The number of hydrogen-bond acceptors (Lipinski definition) is 6. The van der Waals surface area contributed by atoms with Gasteiger partial charge in [-0.2, -0.15) is 0 Å². The maximum absolute atomic E-state index is 12.9. The summed E-state index contributed by atoms with van der Waals surface area (Å²) >= 11 is 3.61. The molecule has 9 nitrogen and oxygen atoms in total. The Hall–Kier alpha value is -2.36. The number of hydrogen-bond donors (Lipinski definition) is 1. The predicted octanol–water partition coefficient (Wildman–Crippen LogP) is 2.13. The van der Waals surface area contributed by atoms with E-state index in [0.717, 1.165) is 22.0 Å². The summed E-state index contributed by atoms with van der Waals surface area (Å²) < 4.78 is 8.16. The van der Waals surface area contributed by atoms with Crippen molar-refractivity contribution in [2.75, 3.05) is 18.8 Å². The molecule has 4 heterocycles. The molecule has 2 aromatic heterocycles. The molecular formula is C18H23BrN6O3. The van der Waals surface area contributed by atoms with E-state index in [1.165, 1.54) is 6.33 Å². The van der Waals surface area contributed by atoms with Crippen LogP contribution in [0.4, 0.5) is 10.6 Å². The van der Waals surface area contributed by atoms with Crippen LogP contribution in [0.5, 0.6) is 0 Å². The fourth-order valence-electron chi connectivity index (χ4n) is 3.82. The standard InChI is InChI=1S/C18H23BrN6O3/c1-18(2,3)28-17(27)23-5-4-10(6-23)24-7-11-14(19)13-15(20)21-9-22-16(13)25(11)8-12(24)26/h9-10H,4-8H2,1-3H3,(H2,20,21,22). The predicted molar refractivity (Wildman–Crippen MR) is 106 cm³/mol. The van der Waals surface area contributed by atoms with Crippen molar-refractivity contribution < 1.29 is 14.3 Å². The number of nitrogen functional groups attached to an aromatic ring is 1. The Balaban J connectivity index is 1.56. The number of halogens is 1. The Morgan fingerprint density at radius 3 is 2.79 bits per heavy atom. The Labute approximate surface area is 171 Å². The van der Waals surface area contributed by atoms with Crippen LogP contribution in [0.1, 0.15) is 32.9 Å². The van der Waals surface area contributed by atoms with Crippen molar-refractivity contribution in [3.8, 4) is 0 Å². The summed E-state index contributed by atoms with van der Waals surface area (Å²) in [5.74, 6) is 0.389. The van der Waals surface area contributed by atoms with Crippen molar-refractivity contribution in [1.29, 1.82) is 0 Å². The van der Waals surface area contributed by atoms with Crippen molar-refractivity contribution in [3.05, 3.63) is 16.5 Å². The molecule has 2 amide bonds. The molecule has 2 aliphatic heterocycles. The minimum Gasteiger partial charge on any atom is -0.444 e. The molecule has 2 aromatic rings. The molecule has 0 aromatic carbocycles. The van der Waals surface area contributed by atoms with Crippen LogP contribution in [0.15, 0.2) is 10.8 Å². The highest BCUT2D eigenvalue weighted by Gasteiger charge is 2.38. The molecule has 1 saturated heterocycles. The van der Waals surface area contributed by atoms with Crippen LogP contribution in [0.2, 0.25) is 0 Å². The van der Waals surface area contributed by atoms with Gasteiger partial charge in [0.15, 0.2) is 0 Å². The van der Waals surface area contributed by atoms with Gasteiger partial charge in [0.2, 0.25) is 5.91 Å². The summed E-state index contributed by atoms with van der Waals surface area (Å²) in [6.07, 6.45) is 1.80. The largest absolute Gasteiger partial charge is 0.444 e. The van der Waals surface area contributed by atoms with E-state index in [0.29, 0.717) is 31.1 Å². The number of aromatic nitrogens is 3. The first-order valence-corrected chi connectivity index (χ1v) is 9.99. The van der Waals surface area contributed by atoms with E-state index in [4.69, 9.17) is 10.5 Å². The maximum atomic E-state index is 12.9. The van der Waals surface area contributed by atoms with Gasteiger partial charge >= 0.3 is 6.09 Å². The zero-order valence-electron chi connectivity index (χ0n) is 16.1. The smallest absolute Gasteiger partial charge is 0.410 e. The monoisotopic (exact) mass is 450 g/mol. The third-order valence-electron chi connectivity index (χ3n) is 5.10. The van der Waals surface area contributed by atoms with Crippen molar-refractivity contribution in [2.45, 2.75) is 51.9 Å². The fraction of sp³-hybridized carbons (Fsp3) is 0.556. The summed E-state index contributed by atoms with van der Waals surface area (Å²) in [6.45, 7) is 7.21. The van der Waals surface area contributed by atoms with Gasteiger partial charge in [0.1, 0.15) is 29.9 Å². The van der Waals surface area contributed by atoms with Gasteiger partial charge in [0.05, 0.1) is 28.1 Å². The summed E-state index contributed by atoms with van der Waals surface area (Å²) in [4.78, 5) is 37.1. The first-order chi connectivity index (χ1) is 13.2. The number of carbonyl (C=O) groups is 2. The average Bonchev–Trinajstić information content (AvgIpc) is 3.18. The molecule has 2 N–H and O–H groups in total. The number of anilines is 1. The normalized spacial score (nSPS) is 20.0. The van der Waals surface area contributed by atoms with E-state index in [9.17, 15) is 9.59 Å². The summed E-state index contributed by atoms with van der Waals surface area (Å²) in [5, 5.41) is 0.731. The highest BCUT2D eigenvalue weighted by Crippen LogP contribution is 2.36. The lowest BCUT2D eigenvalue weighted by molar-refractivity contribution is -0.136. The molecule has 1 fully saturated rings. The number of likely N-dealkylation sites (tertiary alicyclic amines) is 1. The SMILES string of the molecule is CC(C)(C)OC(=O)N1CCC(N2Cc3c(Br)c4c(N)ncnc4n3CC2=O)C1. The molecule has 2 aliphatic rings. The maximum Gasteiger partial charge on any atom is 0.410 e. The second-order valence-corrected chi connectivity index (χ2v) is 8.99. The van der Waals surface area contributed by atoms with Crippen LogP contribution in [0, 0.1) is 0 Å². The third kappa shape index (κ3) is 3.19. The first-order valence-electron chi connectivity index (χ1n) is 9.20. The van der Waals surface area contributed by atoms with Gasteiger partial charge in [-0.15, -0.1) is 0 Å². The van der Waals surface area contributed by atoms with E-state index >= 15 is 0 Å². The van der Waals surface area contributed by atoms with Crippen LogP contribution >= 0.6 is 15.9 Å². The van der Waals surface area contributed by atoms with Crippen LogP contribution in [-0.4, -0.2) is 61.1 Å². The molecule has 1 atom stereocenters. The molecule has 4 rings (SSSR count). The summed E-state index contributed by atoms with van der Waals surface area (Å²) in [6, 6.07) is -0.0397. The Morgan fingerprint density at radius 1 is 1.32 bits per heavy atom. The lowest BCUT2D eigenvalue weighted by Gasteiger charge is -2.33. The van der Waals surface area contributed by atoms with E-state index in [2.05, 4.69) is 25.9 Å². The second kappa shape index (κ2) is 6.61. The molecule has 0 radical (unpaired) electrons. The van der Waals surface area contributed by atoms with Gasteiger partial charge < -0.3 is 24.8 Å². The fourth-order valence-corrected chi connectivity index (χ4v) is 4.54. The number of carbonyl (C=O) groups excluding carboxylic acids is 2. The van der Waals surface area contributed by atoms with Crippen LogP contribution in [0.3, 0.4) is 0 Å². The highest BCUT2D eigenvalue weighted by atomic mass is 79.9. The topological polar surface area (TPSA) is 107 Å². The molecule has 28 heavy (non-hydrogen) atoms. The molecule has 10 heteroatoms. The van der Waals surface area contributed by atoms with Crippen LogP contribution < -0.4 is 5.73 Å². The number of rotatable bonds is 1. The summed E-state index contributed by atoms with van der Waals surface area (Å²) in [5.41, 5.74) is 7.07. The third-order valence-corrected chi connectivity index (χ3v) is 5.95. The second-order valence-electron chi connectivity index (χ2n) is 8.19. The van der Waals surface area contributed by atoms with Crippen molar-refractivity contribution in [1.82, 2.24) is 24.3 Å². The van der Waals surface area contributed by atoms with Crippen molar-refractivity contribution in [2.24, 2.45) is 0 Å². The van der Waals surface area contributed by atoms with Crippen molar-refractivity contribution in [3.63, 3.8) is 0 Å². The van der Waals surface area contributed by atoms with Crippen LogP contribution in [0.25, 0.3) is 11.0 Å². The van der Waals surface area contributed by atoms with Crippen molar-refractivity contribution >= 4 is 44.8 Å². The van der Waals surface area contributed by atoms with Gasteiger partial charge in [-0.3, -0.25) is 4.79 Å². The quantitative estimate of drug-likeness (QED) is 0.712. The lowest BCUT2D eigenvalue weighted by Crippen LogP contribution is -2.47. The summed E-state index contributed by atoms with van der Waals surface area (Å²) in [7, 11) is 0. The Morgan fingerprint density at radius 2 is 2.07 bits per heavy atom. The number of nitrogens with zero attached hydrogens (tertiary/aromatic N) is 5. The van der Waals surface area contributed by atoms with Crippen LogP contribution in [-0.2, 0) is 22.6 Å². The van der Waals surface area contributed by atoms with Gasteiger partial charge in [-0.1, -0.05) is 0 Å². The Kier molecular flexibility index (Phi) is 4.48. The average molecular weight is 451 g/mol. The zero-order valence-corrected chi connectivity index (χ0v) is 17.7. The van der Waals surface area contributed by atoms with Gasteiger partial charge in [-0.05, 0) is 43.1 Å². The molecule has 0 aliphatic carbocycles. The minimum absolute atomic E-state index is 0.00474. The van der Waals surface area contributed by atoms with E-state index in [-0.39, 0.29) is 24.6 Å². The first kappa shape index (κ1) is 19.0. The van der Waals surface area contributed by atoms with Gasteiger partial charge in [0, 0.05) is 13.1 Å². The highest BCUT2D eigenvalue weighted by molar-refractivity contribution is 9.10. The number of fused-ring (bicyclic) bond motifs is 3. The van der Waals surface area contributed by atoms with E-state index < -0.39 is 5.60 Å². The molecule has 0 bridgehead atoms. The molecule has 0 spiro atoms. The molecule has 0 saturated carbocycles. The van der Waals surface area contributed by atoms with E-state index in [1.54, 1.807) is 4.90 Å². The number of nitrogens with two attached hydrogens (primary N) is 1. The molecular weight excluding hydrogens is 428 g/mol. The minimum atomic E-state index is -0.539. The van der Waals surface area contributed by atoms with E-state index in [1.807, 2.05) is 30.2 Å². The van der Waals surface area contributed by atoms with Gasteiger partial charge in [0.25, 0.3) is 0 Å². The molecule has 150 valence electrons. The number of amides is 2. The zero-order chi connectivity index (χ0) is 20.2. The number of ether oxygens (including phenoxy) is 1. The van der Waals surface area contributed by atoms with Gasteiger partial charge in [-0.25, -0.2) is 14.8 Å². The lowest BCUT2D eigenvalue weighted by atomic mass is 10.1. The Bertz CT molecular complexity index is 966.